The Morgan fingerprint density at radius 1 is 0.675 bits per heavy atom. The van der Waals surface area contributed by atoms with Gasteiger partial charge in [0.15, 0.2) is 0 Å². The van der Waals surface area contributed by atoms with Crippen molar-refractivity contribution in [2.45, 2.75) is 134 Å². The maximum Gasteiger partial charge on any atom is 0.326 e. The van der Waals surface area contributed by atoms with Gasteiger partial charge < -0.3 is 37.6 Å². The van der Waals surface area contributed by atoms with E-state index >= 15 is 0 Å². The van der Waals surface area contributed by atoms with Crippen LogP contribution in [0.15, 0.2) is 0 Å². The molecule has 0 spiro atoms. The molecule has 0 heterocycles. The minimum Gasteiger partial charge on any atom is -0.480 e. The van der Waals surface area contributed by atoms with Gasteiger partial charge in [0.25, 0.3) is 0 Å². The van der Waals surface area contributed by atoms with Crippen molar-refractivity contribution >= 4 is 23.7 Å². The molecular weight excluding hydrogens is 514 g/mol. The van der Waals surface area contributed by atoms with Crippen LogP contribution in [0.4, 0.5) is 0 Å². The highest BCUT2D eigenvalue weighted by atomic mass is 16.4. The Labute approximate surface area is 240 Å². The van der Waals surface area contributed by atoms with E-state index < -0.39 is 42.5 Å². The molecule has 0 aliphatic heterocycles. The molecule has 11 heteroatoms. The van der Waals surface area contributed by atoms with Gasteiger partial charge in [0.2, 0.25) is 17.7 Å². The molecule has 11 nitrogen and oxygen atoms in total. The van der Waals surface area contributed by atoms with E-state index in [1.54, 1.807) is 0 Å². The fourth-order valence-electron chi connectivity index (χ4n) is 5.24. The molecule has 0 aromatic carbocycles. The zero-order valence-corrected chi connectivity index (χ0v) is 24.3. The van der Waals surface area contributed by atoms with Crippen molar-refractivity contribution in [3.63, 3.8) is 0 Å². The maximum absolute atomic E-state index is 13.1. The van der Waals surface area contributed by atoms with Gasteiger partial charge in [0.1, 0.15) is 18.1 Å². The van der Waals surface area contributed by atoms with Crippen LogP contribution in [0.25, 0.3) is 0 Å². The largest absolute Gasteiger partial charge is 0.480 e. The van der Waals surface area contributed by atoms with Crippen LogP contribution >= 0.6 is 0 Å². The van der Waals surface area contributed by atoms with Crippen molar-refractivity contribution in [1.82, 2.24) is 16.0 Å². The van der Waals surface area contributed by atoms with Gasteiger partial charge in [-0.15, -0.1) is 0 Å². The topological polar surface area (TPSA) is 197 Å². The summed E-state index contributed by atoms with van der Waals surface area (Å²) in [4.78, 5) is 50.3. The number of hydrogen-bond donors (Lipinski definition) is 7. The molecule has 0 bridgehead atoms. The number of unbranched alkanes of at least 4 members (excludes halogenated alkanes) is 8. The molecule has 9 N–H and O–H groups in total. The molecule has 0 radical (unpaired) electrons. The third-order valence-electron chi connectivity index (χ3n) is 7.68. The third-order valence-corrected chi connectivity index (χ3v) is 7.68. The fraction of sp³-hybridized carbons (Fsp3) is 0.862. The minimum atomic E-state index is -1.20. The van der Waals surface area contributed by atoms with E-state index in [1.165, 1.54) is 6.42 Å². The number of aliphatic hydroxyl groups excluding tert-OH is 1. The summed E-state index contributed by atoms with van der Waals surface area (Å²) in [5, 5.41) is 27.3. The fourth-order valence-corrected chi connectivity index (χ4v) is 5.24. The quantitative estimate of drug-likeness (QED) is 0.0908. The van der Waals surface area contributed by atoms with E-state index in [1.807, 2.05) is 0 Å². The Balaban J connectivity index is 2.58. The summed E-state index contributed by atoms with van der Waals surface area (Å²) in [5.41, 5.74) is 11.1. The number of nitrogens with two attached hydrogens (primary N) is 2. The lowest BCUT2D eigenvalue weighted by Gasteiger charge is -2.27. The van der Waals surface area contributed by atoms with E-state index in [2.05, 4.69) is 16.0 Å². The number of hydrogen-bond acceptors (Lipinski definition) is 7. The molecule has 3 unspecified atom stereocenters. The number of amides is 3. The number of carboxylic acids is 1. The molecule has 1 rings (SSSR count). The number of carbonyl (C=O) groups is 4. The monoisotopic (exact) mass is 569 g/mol. The van der Waals surface area contributed by atoms with E-state index in [9.17, 15) is 29.4 Å². The highest BCUT2D eigenvalue weighted by Gasteiger charge is 2.30. The highest BCUT2D eigenvalue weighted by Crippen LogP contribution is 2.27. The standard InChI is InChI=1S/C29H55N5O6/c30-18-12-6-4-2-1-3-5-10-17-26(36)32-25(21-35)28(38)33-23(16-11-13-19-31)27(37)34-24(29(39)40)20-22-14-8-7-9-15-22/h22-25,35H,1-21,30-31H2,(H,32,36)(H,33,38)(H,34,37)(H,39,40). The maximum atomic E-state index is 13.1. The van der Waals surface area contributed by atoms with Gasteiger partial charge in [-0.1, -0.05) is 70.6 Å². The van der Waals surface area contributed by atoms with Gasteiger partial charge in [-0.3, -0.25) is 14.4 Å². The molecule has 3 atom stereocenters. The van der Waals surface area contributed by atoms with Crippen molar-refractivity contribution in [2.75, 3.05) is 19.7 Å². The summed E-state index contributed by atoms with van der Waals surface area (Å²) in [6.45, 7) is 0.540. The van der Waals surface area contributed by atoms with Gasteiger partial charge >= 0.3 is 5.97 Å². The first-order chi connectivity index (χ1) is 19.3. The SMILES string of the molecule is NCCCCCCCCCCC(=O)NC(CO)C(=O)NC(CCCCN)C(=O)NC(CC1CCCCC1)C(=O)O. The average molecular weight is 570 g/mol. The van der Waals surface area contributed by atoms with Crippen LogP contribution < -0.4 is 27.4 Å². The van der Waals surface area contributed by atoms with Crippen LogP contribution in [0.1, 0.15) is 116 Å². The van der Waals surface area contributed by atoms with E-state index in [-0.39, 0.29) is 24.7 Å². The van der Waals surface area contributed by atoms with Crippen LogP contribution in [0.2, 0.25) is 0 Å². The Kier molecular flexibility index (Phi) is 20.1. The van der Waals surface area contributed by atoms with E-state index in [4.69, 9.17) is 11.5 Å². The second kappa shape index (κ2) is 22.4. The average Bonchev–Trinajstić information content (AvgIpc) is 2.94. The summed E-state index contributed by atoms with van der Waals surface area (Å²) < 4.78 is 0. The molecular formula is C29H55N5O6. The highest BCUT2D eigenvalue weighted by molar-refractivity contribution is 5.93. The van der Waals surface area contributed by atoms with Crippen LogP contribution in [0, 0.1) is 5.92 Å². The predicted octanol–water partition coefficient (Wildman–Crippen LogP) is 2.09. The van der Waals surface area contributed by atoms with Gasteiger partial charge in [-0.2, -0.15) is 0 Å². The number of carbonyl (C=O) groups excluding carboxylic acids is 3. The Bertz CT molecular complexity index is 732. The number of aliphatic carboxylic acids is 1. The number of nitrogens with one attached hydrogen (secondary N) is 3. The van der Waals surface area contributed by atoms with E-state index in [0.717, 1.165) is 77.2 Å². The molecule has 1 aliphatic rings. The van der Waals surface area contributed by atoms with Crippen molar-refractivity contribution < 1.29 is 29.4 Å². The Hall–Kier alpha value is -2.24. The van der Waals surface area contributed by atoms with E-state index in [0.29, 0.717) is 32.2 Å². The first-order valence-electron chi connectivity index (χ1n) is 15.5. The summed E-state index contributed by atoms with van der Waals surface area (Å²) in [6.07, 6.45) is 15.5. The van der Waals surface area contributed by atoms with Gasteiger partial charge in [-0.25, -0.2) is 4.79 Å². The van der Waals surface area contributed by atoms with Crippen LogP contribution in [-0.4, -0.2) is 71.7 Å². The molecule has 0 saturated heterocycles. The van der Waals surface area contributed by atoms with Crippen molar-refractivity contribution in [1.29, 1.82) is 0 Å². The molecule has 1 saturated carbocycles. The summed E-state index contributed by atoms with van der Waals surface area (Å²) in [6, 6.07) is -3.23. The zero-order chi connectivity index (χ0) is 29.6. The zero-order valence-electron chi connectivity index (χ0n) is 24.3. The minimum absolute atomic E-state index is 0.246. The van der Waals surface area contributed by atoms with Gasteiger partial charge in [0, 0.05) is 6.42 Å². The smallest absolute Gasteiger partial charge is 0.326 e. The lowest BCUT2D eigenvalue weighted by Crippen LogP contribution is -2.56. The Morgan fingerprint density at radius 3 is 1.77 bits per heavy atom. The molecule has 1 fully saturated rings. The lowest BCUT2D eigenvalue weighted by molar-refractivity contribution is -0.143. The van der Waals surface area contributed by atoms with Crippen LogP contribution in [0.3, 0.4) is 0 Å². The lowest BCUT2D eigenvalue weighted by atomic mass is 9.84. The number of rotatable bonds is 23. The molecule has 0 aromatic heterocycles. The first kappa shape index (κ1) is 35.8. The second-order valence-electron chi connectivity index (χ2n) is 11.2. The van der Waals surface area contributed by atoms with Crippen molar-refractivity contribution in [3.8, 4) is 0 Å². The molecule has 232 valence electrons. The summed E-state index contributed by atoms with van der Waals surface area (Å²) >= 11 is 0. The van der Waals surface area contributed by atoms with Crippen LogP contribution in [-0.2, 0) is 19.2 Å². The van der Waals surface area contributed by atoms with Crippen LogP contribution in [0.5, 0.6) is 0 Å². The Morgan fingerprint density at radius 2 is 1.20 bits per heavy atom. The van der Waals surface area contributed by atoms with Crippen molar-refractivity contribution in [3.05, 3.63) is 0 Å². The molecule has 40 heavy (non-hydrogen) atoms. The summed E-state index contributed by atoms with van der Waals surface area (Å²) in [5.74, 6) is -2.45. The third kappa shape index (κ3) is 16.1. The second-order valence-corrected chi connectivity index (χ2v) is 11.2. The normalized spacial score (nSPS) is 16.1. The molecule has 0 aromatic rings. The number of aliphatic hydroxyl groups is 1. The first-order valence-corrected chi connectivity index (χ1v) is 15.5. The predicted molar refractivity (Wildman–Crippen MR) is 155 cm³/mol. The summed E-state index contributed by atoms with van der Waals surface area (Å²) in [7, 11) is 0. The molecule has 1 aliphatic carbocycles. The van der Waals surface area contributed by atoms with Crippen molar-refractivity contribution in [2.24, 2.45) is 17.4 Å². The number of carboxylic acid groups (broad SMARTS) is 1. The van der Waals surface area contributed by atoms with Gasteiger partial charge in [0.05, 0.1) is 6.61 Å². The van der Waals surface area contributed by atoms with Gasteiger partial charge in [-0.05, 0) is 57.5 Å². The molecule has 3 amide bonds.